The third-order valence-electron chi connectivity index (χ3n) is 1.65. The molecule has 0 spiro atoms. The molecule has 1 aliphatic carbocycles. The standard InChI is InChI=1S/C6H13N.Na.H/c7-6-4-2-1-3-5-6;;/h6H,1-5,7H2;;. The van der Waals surface area contributed by atoms with E-state index < -0.39 is 0 Å². The zero-order chi connectivity index (χ0) is 5.11. The number of rotatable bonds is 0. The number of hydrogen-bond donors (Lipinski definition) is 1. The van der Waals surface area contributed by atoms with Crippen molar-refractivity contribution in [1.82, 2.24) is 0 Å². The second-order valence-corrected chi connectivity index (χ2v) is 2.40. The van der Waals surface area contributed by atoms with E-state index in [9.17, 15) is 0 Å². The van der Waals surface area contributed by atoms with Crippen LogP contribution in [-0.2, 0) is 0 Å². The average Bonchev–Trinajstić information content (AvgIpc) is 1.69. The van der Waals surface area contributed by atoms with Gasteiger partial charge in [0, 0.05) is 6.04 Å². The summed E-state index contributed by atoms with van der Waals surface area (Å²) >= 11 is 0. The third-order valence-corrected chi connectivity index (χ3v) is 1.65. The van der Waals surface area contributed by atoms with E-state index in [-0.39, 0.29) is 29.6 Å². The molecule has 0 heterocycles. The summed E-state index contributed by atoms with van der Waals surface area (Å²) in [5, 5.41) is 0. The van der Waals surface area contributed by atoms with E-state index >= 15 is 0 Å². The Kier molecular flexibility index (Phi) is 5.38. The maximum atomic E-state index is 5.63. The summed E-state index contributed by atoms with van der Waals surface area (Å²) in [5.74, 6) is 0. The van der Waals surface area contributed by atoms with Gasteiger partial charge in [-0.15, -0.1) is 0 Å². The van der Waals surface area contributed by atoms with Gasteiger partial charge in [-0.3, -0.25) is 0 Å². The van der Waals surface area contributed by atoms with Crippen LogP contribution in [0.15, 0.2) is 0 Å². The van der Waals surface area contributed by atoms with Gasteiger partial charge < -0.3 is 5.73 Å². The summed E-state index contributed by atoms with van der Waals surface area (Å²) in [5.41, 5.74) is 5.63. The molecule has 1 fully saturated rings. The molecule has 1 nitrogen and oxygen atoms in total. The van der Waals surface area contributed by atoms with E-state index in [1.54, 1.807) is 0 Å². The summed E-state index contributed by atoms with van der Waals surface area (Å²) in [6.07, 6.45) is 6.66. The molecule has 0 radical (unpaired) electrons. The summed E-state index contributed by atoms with van der Waals surface area (Å²) in [6.45, 7) is 0. The average molecular weight is 123 g/mol. The summed E-state index contributed by atoms with van der Waals surface area (Å²) in [7, 11) is 0. The fourth-order valence-corrected chi connectivity index (χ4v) is 1.13. The Balaban J connectivity index is 0.000000490. The van der Waals surface area contributed by atoms with Crippen molar-refractivity contribution in [2.45, 2.75) is 38.1 Å². The first-order valence-electron chi connectivity index (χ1n) is 3.15. The SMILES string of the molecule is NC1CCCCC1.[NaH]. The van der Waals surface area contributed by atoms with Crippen LogP contribution in [0.1, 0.15) is 32.1 Å². The molecular weight excluding hydrogens is 109 g/mol. The molecule has 1 rings (SSSR count). The molecule has 0 bridgehead atoms. The van der Waals surface area contributed by atoms with E-state index in [0.29, 0.717) is 6.04 Å². The van der Waals surface area contributed by atoms with Crippen molar-refractivity contribution < 1.29 is 0 Å². The Morgan fingerprint density at radius 1 is 1.00 bits per heavy atom. The molecule has 0 aromatic heterocycles. The topological polar surface area (TPSA) is 26.0 Å². The molecule has 44 valence electrons. The van der Waals surface area contributed by atoms with Gasteiger partial charge in [0.1, 0.15) is 0 Å². The molecule has 2 N–H and O–H groups in total. The van der Waals surface area contributed by atoms with Gasteiger partial charge in [-0.25, -0.2) is 0 Å². The van der Waals surface area contributed by atoms with Crippen LogP contribution in [0.3, 0.4) is 0 Å². The monoisotopic (exact) mass is 123 g/mol. The van der Waals surface area contributed by atoms with E-state index in [1.165, 1.54) is 32.1 Å². The molecule has 0 aliphatic heterocycles. The molecule has 0 aromatic rings. The Morgan fingerprint density at radius 3 is 1.75 bits per heavy atom. The van der Waals surface area contributed by atoms with Crippen molar-refractivity contribution in [3.63, 3.8) is 0 Å². The molecule has 8 heavy (non-hydrogen) atoms. The molecule has 0 atom stereocenters. The predicted octanol–water partition coefficient (Wildman–Crippen LogP) is 0.629. The molecular formula is C6H14NNa. The Morgan fingerprint density at radius 2 is 1.50 bits per heavy atom. The number of nitrogens with two attached hydrogens (primary N) is 1. The second kappa shape index (κ2) is 4.80. The van der Waals surface area contributed by atoms with Crippen LogP contribution in [0.2, 0.25) is 0 Å². The Labute approximate surface area is 73.3 Å². The zero-order valence-electron chi connectivity index (χ0n) is 4.69. The third kappa shape index (κ3) is 3.08. The minimum absolute atomic E-state index is 0. The first kappa shape index (κ1) is 8.96. The van der Waals surface area contributed by atoms with Crippen molar-refractivity contribution in [2.24, 2.45) is 5.73 Å². The summed E-state index contributed by atoms with van der Waals surface area (Å²) < 4.78 is 0. The maximum absolute atomic E-state index is 5.63. The van der Waals surface area contributed by atoms with Crippen LogP contribution in [-0.4, -0.2) is 35.6 Å². The van der Waals surface area contributed by atoms with Gasteiger partial charge in [0.15, 0.2) is 0 Å². The van der Waals surface area contributed by atoms with E-state index in [1.807, 2.05) is 0 Å². The first-order valence-corrected chi connectivity index (χ1v) is 3.15. The van der Waals surface area contributed by atoms with Gasteiger partial charge in [-0.2, -0.15) is 0 Å². The van der Waals surface area contributed by atoms with Crippen molar-refractivity contribution >= 4 is 29.6 Å². The van der Waals surface area contributed by atoms with Crippen LogP contribution in [0, 0.1) is 0 Å². The summed E-state index contributed by atoms with van der Waals surface area (Å²) in [4.78, 5) is 0. The quantitative estimate of drug-likeness (QED) is 0.470. The van der Waals surface area contributed by atoms with Gasteiger partial charge >= 0.3 is 29.6 Å². The van der Waals surface area contributed by atoms with Crippen molar-refractivity contribution in [3.8, 4) is 0 Å². The fraction of sp³-hybridized carbons (Fsp3) is 1.00. The van der Waals surface area contributed by atoms with Crippen LogP contribution in [0.25, 0.3) is 0 Å². The van der Waals surface area contributed by atoms with Gasteiger partial charge in [0.2, 0.25) is 0 Å². The minimum atomic E-state index is 0. The van der Waals surface area contributed by atoms with E-state index in [0.717, 1.165) is 0 Å². The van der Waals surface area contributed by atoms with Crippen LogP contribution in [0.4, 0.5) is 0 Å². The molecule has 0 unspecified atom stereocenters. The number of hydrogen-bond acceptors (Lipinski definition) is 1. The van der Waals surface area contributed by atoms with E-state index in [4.69, 9.17) is 5.73 Å². The first-order chi connectivity index (χ1) is 3.39. The van der Waals surface area contributed by atoms with E-state index in [2.05, 4.69) is 0 Å². The second-order valence-electron chi connectivity index (χ2n) is 2.40. The molecule has 0 saturated heterocycles. The molecule has 0 amide bonds. The van der Waals surface area contributed by atoms with Crippen LogP contribution >= 0.6 is 0 Å². The Hall–Kier alpha value is 0.960. The molecule has 1 saturated carbocycles. The van der Waals surface area contributed by atoms with Gasteiger partial charge in [-0.1, -0.05) is 19.3 Å². The normalized spacial score (nSPS) is 22.1. The van der Waals surface area contributed by atoms with Crippen LogP contribution < -0.4 is 5.73 Å². The van der Waals surface area contributed by atoms with Crippen LogP contribution in [0.5, 0.6) is 0 Å². The van der Waals surface area contributed by atoms with Gasteiger partial charge in [0.05, 0.1) is 0 Å². The zero-order valence-corrected chi connectivity index (χ0v) is 4.69. The van der Waals surface area contributed by atoms with Gasteiger partial charge in [-0.05, 0) is 12.8 Å². The Bertz CT molecular complexity index is 50.5. The van der Waals surface area contributed by atoms with Crippen molar-refractivity contribution in [1.29, 1.82) is 0 Å². The fourth-order valence-electron chi connectivity index (χ4n) is 1.13. The van der Waals surface area contributed by atoms with Crippen molar-refractivity contribution in [3.05, 3.63) is 0 Å². The van der Waals surface area contributed by atoms with Gasteiger partial charge in [0.25, 0.3) is 0 Å². The predicted molar refractivity (Wildman–Crippen MR) is 38.2 cm³/mol. The molecule has 0 aromatic carbocycles. The molecule has 1 aliphatic rings. The molecule has 2 heteroatoms. The summed E-state index contributed by atoms with van der Waals surface area (Å²) in [6, 6.07) is 0.536. The van der Waals surface area contributed by atoms with Crippen molar-refractivity contribution in [2.75, 3.05) is 0 Å².